The van der Waals surface area contributed by atoms with Gasteiger partial charge in [-0.25, -0.2) is 4.79 Å². The van der Waals surface area contributed by atoms with Crippen LogP contribution in [0.1, 0.15) is 11.7 Å². The topological polar surface area (TPSA) is 49.8 Å². The Bertz CT molecular complexity index is 350. The Morgan fingerprint density at radius 2 is 2.15 bits per heavy atom. The summed E-state index contributed by atoms with van der Waals surface area (Å²) in [7, 11) is 0. The van der Waals surface area contributed by atoms with Crippen molar-refractivity contribution in [3.63, 3.8) is 0 Å². The molecule has 3 nitrogen and oxygen atoms in total. The van der Waals surface area contributed by atoms with Gasteiger partial charge in [0.25, 0.3) is 0 Å². The minimum atomic E-state index is -0.902. The number of rotatable bonds is 2. The Balaban J connectivity index is 2.21. The number of ether oxygens (including phenoxy) is 1. The number of carboxylic acids is 1. The average Bonchev–Trinajstić information content (AvgIpc) is 2.84. The number of aliphatic carboxylic acids is 1. The molecule has 1 fully saturated rings. The number of benzene rings is 1. The molecule has 1 aliphatic rings. The molecule has 2 atom stereocenters. The van der Waals surface area contributed by atoms with E-state index >= 15 is 0 Å². The summed E-state index contributed by atoms with van der Waals surface area (Å²) < 4.78 is 5.91. The molecule has 13 heavy (non-hydrogen) atoms. The number of epoxide rings is 1. The Morgan fingerprint density at radius 3 is 2.69 bits per heavy atom. The quantitative estimate of drug-likeness (QED) is 0.808. The van der Waals surface area contributed by atoms with Gasteiger partial charge < -0.3 is 9.84 Å². The molecule has 68 valence electrons. The fraction of sp³-hybridized carbons (Fsp3) is 0.222. The van der Waals surface area contributed by atoms with Gasteiger partial charge in [-0.15, -0.1) is 0 Å². The maximum absolute atomic E-state index is 10.5. The highest BCUT2D eigenvalue weighted by molar-refractivity contribution is 9.10. The molecular formula is C9H7BrO3. The van der Waals surface area contributed by atoms with Crippen LogP contribution < -0.4 is 0 Å². The molecule has 0 amide bonds. The van der Waals surface area contributed by atoms with Crippen molar-refractivity contribution in [1.29, 1.82) is 0 Å². The van der Waals surface area contributed by atoms with E-state index in [1.807, 2.05) is 24.3 Å². The van der Waals surface area contributed by atoms with Crippen LogP contribution >= 0.6 is 15.9 Å². The van der Waals surface area contributed by atoms with E-state index in [4.69, 9.17) is 9.84 Å². The molecule has 0 spiro atoms. The van der Waals surface area contributed by atoms with Gasteiger partial charge in [0.2, 0.25) is 0 Å². The number of carbonyl (C=O) groups is 1. The van der Waals surface area contributed by atoms with Crippen LogP contribution in [-0.2, 0) is 9.53 Å². The van der Waals surface area contributed by atoms with Crippen LogP contribution in [0.2, 0.25) is 0 Å². The van der Waals surface area contributed by atoms with Crippen molar-refractivity contribution < 1.29 is 14.6 Å². The van der Waals surface area contributed by atoms with Crippen LogP contribution in [0.15, 0.2) is 28.7 Å². The third-order valence-corrected chi connectivity index (χ3v) is 2.67. The van der Waals surface area contributed by atoms with E-state index in [1.165, 1.54) is 0 Å². The number of halogens is 1. The van der Waals surface area contributed by atoms with Gasteiger partial charge in [0.05, 0.1) is 0 Å². The third kappa shape index (κ3) is 1.59. The lowest BCUT2D eigenvalue weighted by molar-refractivity contribution is -0.138. The Kier molecular flexibility index (Phi) is 2.09. The maximum atomic E-state index is 10.5. The van der Waals surface area contributed by atoms with Crippen molar-refractivity contribution in [3.8, 4) is 0 Å². The van der Waals surface area contributed by atoms with Crippen molar-refractivity contribution in [2.24, 2.45) is 0 Å². The zero-order valence-corrected chi connectivity index (χ0v) is 8.19. The van der Waals surface area contributed by atoms with E-state index in [2.05, 4.69) is 15.9 Å². The van der Waals surface area contributed by atoms with Crippen LogP contribution in [0.3, 0.4) is 0 Å². The Hall–Kier alpha value is -0.870. The molecule has 4 heteroatoms. The van der Waals surface area contributed by atoms with Gasteiger partial charge >= 0.3 is 5.97 Å². The molecule has 0 saturated carbocycles. The summed E-state index contributed by atoms with van der Waals surface area (Å²) in [6, 6.07) is 7.47. The first-order valence-electron chi connectivity index (χ1n) is 3.83. The molecular weight excluding hydrogens is 236 g/mol. The van der Waals surface area contributed by atoms with Gasteiger partial charge in [0, 0.05) is 4.47 Å². The van der Waals surface area contributed by atoms with Crippen LogP contribution in [-0.4, -0.2) is 17.2 Å². The third-order valence-electron chi connectivity index (χ3n) is 1.95. The first kappa shape index (κ1) is 8.72. The van der Waals surface area contributed by atoms with Gasteiger partial charge in [-0.3, -0.25) is 0 Å². The standard InChI is InChI=1S/C9H7BrO3/c10-6-4-2-1-3-5(6)7-8(13-7)9(11)12/h1-4,7-8H,(H,11,12). The van der Waals surface area contributed by atoms with Crippen LogP contribution in [0, 0.1) is 0 Å². The summed E-state index contributed by atoms with van der Waals surface area (Å²) in [5.41, 5.74) is 0.898. The molecule has 1 aromatic rings. The zero-order valence-electron chi connectivity index (χ0n) is 6.61. The van der Waals surface area contributed by atoms with Crippen LogP contribution in [0.5, 0.6) is 0 Å². The van der Waals surface area contributed by atoms with Crippen molar-refractivity contribution in [2.45, 2.75) is 12.2 Å². The predicted molar refractivity (Wildman–Crippen MR) is 49.4 cm³/mol. The molecule has 2 rings (SSSR count). The fourth-order valence-corrected chi connectivity index (χ4v) is 1.75. The minimum absolute atomic E-state index is 0.284. The fourth-order valence-electron chi connectivity index (χ4n) is 1.24. The Labute approximate surface area is 83.5 Å². The van der Waals surface area contributed by atoms with Gasteiger partial charge in [-0.1, -0.05) is 34.1 Å². The van der Waals surface area contributed by atoms with E-state index in [0.29, 0.717) is 0 Å². The van der Waals surface area contributed by atoms with E-state index in [1.54, 1.807) is 0 Å². The molecule has 0 radical (unpaired) electrons. The smallest absolute Gasteiger partial charge is 0.335 e. The molecule has 1 heterocycles. The second-order valence-corrected chi connectivity index (χ2v) is 3.69. The van der Waals surface area contributed by atoms with E-state index < -0.39 is 12.1 Å². The second kappa shape index (κ2) is 3.12. The van der Waals surface area contributed by atoms with Crippen molar-refractivity contribution in [1.82, 2.24) is 0 Å². The lowest BCUT2D eigenvalue weighted by atomic mass is 10.1. The largest absolute Gasteiger partial charge is 0.479 e. The molecule has 1 aromatic carbocycles. The number of carboxylic acid groups (broad SMARTS) is 1. The van der Waals surface area contributed by atoms with E-state index in [0.717, 1.165) is 10.0 Å². The maximum Gasteiger partial charge on any atom is 0.335 e. The molecule has 1 saturated heterocycles. The summed E-state index contributed by atoms with van der Waals surface area (Å²) in [6.45, 7) is 0. The second-order valence-electron chi connectivity index (χ2n) is 2.84. The summed E-state index contributed by atoms with van der Waals surface area (Å²) in [4.78, 5) is 10.5. The SMILES string of the molecule is O=C(O)C1OC1c1ccccc1Br. The zero-order chi connectivity index (χ0) is 9.42. The molecule has 0 aliphatic carbocycles. The summed E-state index contributed by atoms with van der Waals surface area (Å²) in [5, 5.41) is 8.64. The minimum Gasteiger partial charge on any atom is -0.479 e. The first-order chi connectivity index (χ1) is 6.20. The summed E-state index contributed by atoms with van der Waals surface area (Å²) in [6.07, 6.45) is -0.952. The highest BCUT2D eigenvalue weighted by atomic mass is 79.9. The highest BCUT2D eigenvalue weighted by Gasteiger charge is 2.47. The highest BCUT2D eigenvalue weighted by Crippen LogP contribution is 2.41. The van der Waals surface area contributed by atoms with Gasteiger partial charge in [-0.05, 0) is 11.6 Å². The first-order valence-corrected chi connectivity index (χ1v) is 4.62. The molecule has 2 unspecified atom stereocenters. The lowest BCUT2D eigenvalue weighted by Gasteiger charge is -1.97. The molecule has 0 aromatic heterocycles. The molecule has 0 bridgehead atoms. The lowest BCUT2D eigenvalue weighted by Crippen LogP contribution is -2.04. The van der Waals surface area contributed by atoms with Gasteiger partial charge in [0.1, 0.15) is 6.10 Å². The number of hydrogen-bond donors (Lipinski definition) is 1. The van der Waals surface area contributed by atoms with Crippen LogP contribution in [0.4, 0.5) is 0 Å². The van der Waals surface area contributed by atoms with Gasteiger partial charge in [-0.2, -0.15) is 0 Å². The summed E-state index contributed by atoms with van der Waals surface area (Å²) >= 11 is 3.34. The average molecular weight is 243 g/mol. The normalized spacial score (nSPS) is 25.6. The van der Waals surface area contributed by atoms with E-state index in [-0.39, 0.29) is 6.10 Å². The monoisotopic (exact) mass is 242 g/mol. The van der Waals surface area contributed by atoms with Crippen molar-refractivity contribution in [2.75, 3.05) is 0 Å². The van der Waals surface area contributed by atoms with E-state index in [9.17, 15) is 4.79 Å². The van der Waals surface area contributed by atoms with Crippen LogP contribution in [0.25, 0.3) is 0 Å². The predicted octanol–water partition coefficient (Wildman–Crippen LogP) is 1.97. The van der Waals surface area contributed by atoms with Crippen molar-refractivity contribution >= 4 is 21.9 Å². The Morgan fingerprint density at radius 1 is 1.46 bits per heavy atom. The number of hydrogen-bond acceptors (Lipinski definition) is 2. The summed E-state index contributed by atoms with van der Waals surface area (Å²) in [5.74, 6) is -0.902. The molecule has 1 N–H and O–H groups in total. The molecule has 1 aliphatic heterocycles. The van der Waals surface area contributed by atoms with Gasteiger partial charge in [0.15, 0.2) is 6.10 Å². The van der Waals surface area contributed by atoms with Crippen molar-refractivity contribution in [3.05, 3.63) is 34.3 Å².